The Morgan fingerprint density at radius 1 is 1.20 bits per heavy atom. The van der Waals surface area contributed by atoms with Gasteiger partial charge in [0.15, 0.2) is 0 Å². The third-order valence-corrected chi connectivity index (χ3v) is 4.71. The predicted octanol–water partition coefficient (Wildman–Crippen LogP) is 3.32. The SMILES string of the molecule is O=C1CC(c2cccs2)C(c2cccc(Cl)c2)C(=O)N1. The van der Waals surface area contributed by atoms with Gasteiger partial charge in [0, 0.05) is 22.2 Å². The van der Waals surface area contributed by atoms with Gasteiger partial charge in [-0.15, -0.1) is 11.3 Å². The van der Waals surface area contributed by atoms with Crippen LogP contribution in [0.15, 0.2) is 41.8 Å². The molecule has 102 valence electrons. The Labute approximate surface area is 125 Å². The number of amides is 2. The van der Waals surface area contributed by atoms with Crippen LogP contribution in [0.3, 0.4) is 0 Å². The van der Waals surface area contributed by atoms with Gasteiger partial charge in [-0.2, -0.15) is 0 Å². The van der Waals surface area contributed by atoms with E-state index in [-0.39, 0.29) is 23.7 Å². The first-order valence-electron chi connectivity index (χ1n) is 6.27. The van der Waals surface area contributed by atoms with Crippen molar-refractivity contribution in [2.75, 3.05) is 0 Å². The maximum atomic E-state index is 12.3. The zero-order chi connectivity index (χ0) is 14.1. The molecule has 2 heterocycles. The van der Waals surface area contributed by atoms with Crippen LogP contribution in [0.1, 0.15) is 28.7 Å². The maximum Gasteiger partial charge on any atom is 0.234 e. The molecule has 1 aromatic carbocycles. The van der Waals surface area contributed by atoms with Gasteiger partial charge in [0.05, 0.1) is 5.92 Å². The van der Waals surface area contributed by atoms with Crippen LogP contribution in [0.5, 0.6) is 0 Å². The number of benzene rings is 1. The van der Waals surface area contributed by atoms with Crippen LogP contribution in [0.25, 0.3) is 0 Å². The minimum Gasteiger partial charge on any atom is -0.296 e. The van der Waals surface area contributed by atoms with Crippen LogP contribution in [0.4, 0.5) is 0 Å². The van der Waals surface area contributed by atoms with Crippen molar-refractivity contribution in [3.63, 3.8) is 0 Å². The predicted molar refractivity (Wildman–Crippen MR) is 79.0 cm³/mol. The zero-order valence-corrected chi connectivity index (χ0v) is 12.1. The number of carbonyl (C=O) groups is 2. The molecular formula is C15H12ClNO2S. The highest BCUT2D eigenvalue weighted by Gasteiger charge is 2.38. The van der Waals surface area contributed by atoms with Gasteiger partial charge < -0.3 is 0 Å². The Balaban J connectivity index is 2.04. The lowest BCUT2D eigenvalue weighted by molar-refractivity contribution is -0.135. The lowest BCUT2D eigenvalue weighted by Gasteiger charge is -2.29. The van der Waals surface area contributed by atoms with E-state index in [2.05, 4.69) is 5.32 Å². The fraction of sp³-hybridized carbons (Fsp3) is 0.200. The van der Waals surface area contributed by atoms with Gasteiger partial charge in [-0.25, -0.2) is 0 Å². The number of rotatable bonds is 2. The second-order valence-electron chi connectivity index (χ2n) is 4.77. The third-order valence-electron chi connectivity index (χ3n) is 3.47. The molecule has 3 rings (SSSR count). The average molecular weight is 306 g/mol. The van der Waals surface area contributed by atoms with E-state index >= 15 is 0 Å². The van der Waals surface area contributed by atoms with Crippen molar-refractivity contribution in [1.82, 2.24) is 5.32 Å². The second kappa shape index (κ2) is 5.38. The summed E-state index contributed by atoms with van der Waals surface area (Å²) in [5, 5.41) is 4.98. The molecule has 2 atom stereocenters. The van der Waals surface area contributed by atoms with Gasteiger partial charge in [0.2, 0.25) is 11.8 Å². The molecular weight excluding hydrogens is 294 g/mol. The van der Waals surface area contributed by atoms with Crippen molar-refractivity contribution in [3.05, 3.63) is 57.2 Å². The molecule has 0 aliphatic carbocycles. The second-order valence-corrected chi connectivity index (χ2v) is 6.19. The van der Waals surface area contributed by atoms with E-state index in [1.807, 2.05) is 29.6 Å². The number of imide groups is 1. The fourth-order valence-corrected chi connectivity index (χ4v) is 3.68. The molecule has 2 unspecified atom stereocenters. The molecule has 0 saturated carbocycles. The lowest BCUT2D eigenvalue weighted by atomic mass is 9.79. The molecule has 1 N–H and O–H groups in total. The largest absolute Gasteiger partial charge is 0.296 e. The molecule has 0 radical (unpaired) electrons. The van der Waals surface area contributed by atoms with Gasteiger partial charge in [-0.3, -0.25) is 14.9 Å². The molecule has 0 spiro atoms. The van der Waals surface area contributed by atoms with Crippen molar-refractivity contribution in [3.8, 4) is 0 Å². The highest BCUT2D eigenvalue weighted by molar-refractivity contribution is 7.10. The molecule has 20 heavy (non-hydrogen) atoms. The highest BCUT2D eigenvalue weighted by atomic mass is 35.5. The van der Waals surface area contributed by atoms with Crippen molar-refractivity contribution in [1.29, 1.82) is 0 Å². The first kappa shape index (κ1) is 13.3. The Hall–Kier alpha value is -1.65. The molecule has 1 saturated heterocycles. The van der Waals surface area contributed by atoms with Crippen LogP contribution in [0.2, 0.25) is 5.02 Å². The molecule has 1 aliphatic heterocycles. The summed E-state index contributed by atoms with van der Waals surface area (Å²) < 4.78 is 0. The van der Waals surface area contributed by atoms with E-state index in [1.54, 1.807) is 23.5 Å². The molecule has 1 aliphatic rings. The molecule has 1 aromatic heterocycles. The van der Waals surface area contributed by atoms with Crippen molar-refractivity contribution >= 4 is 34.8 Å². The summed E-state index contributed by atoms with van der Waals surface area (Å²) >= 11 is 7.59. The van der Waals surface area contributed by atoms with Crippen LogP contribution in [-0.2, 0) is 9.59 Å². The summed E-state index contributed by atoms with van der Waals surface area (Å²) in [6.45, 7) is 0. The summed E-state index contributed by atoms with van der Waals surface area (Å²) in [5.41, 5.74) is 0.848. The normalized spacial score (nSPS) is 22.6. The first-order chi connectivity index (χ1) is 9.65. The zero-order valence-electron chi connectivity index (χ0n) is 10.5. The number of carbonyl (C=O) groups excluding carboxylic acids is 2. The molecule has 3 nitrogen and oxygen atoms in total. The Morgan fingerprint density at radius 2 is 2.05 bits per heavy atom. The van der Waals surface area contributed by atoms with E-state index in [9.17, 15) is 9.59 Å². The van der Waals surface area contributed by atoms with Gasteiger partial charge in [-0.1, -0.05) is 29.8 Å². The van der Waals surface area contributed by atoms with Gasteiger partial charge in [0.25, 0.3) is 0 Å². The summed E-state index contributed by atoms with van der Waals surface area (Å²) in [5.74, 6) is -0.951. The van der Waals surface area contributed by atoms with Crippen molar-refractivity contribution in [2.24, 2.45) is 0 Å². The Bertz CT molecular complexity index is 654. The lowest BCUT2D eigenvalue weighted by Crippen LogP contribution is -2.43. The number of hydrogen-bond donors (Lipinski definition) is 1. The summed E-state index contributed by atoms with van der Waals surface area (Å²) in [7, 11) is 0. The van der Waals surface area contributed by atoms with E-state index < -0.39 is 0 Å². The molecule has 5 heteroatoms. The molecule has 2 aromatic rings. The standard InChI is InChI=1S/C15H12ClNO2S/c16-10-4-1-3-9(7-10)14-11(12-5-2-6-20-12)8-13(18)17-15(14)19/h1-7,11,14H,8H2,(H,17,18,19). The number of hydrogen-bond acceptors (Lipinski definition) is 3. The summed E-state index contributed by atoms with van der Waals surface area (Å²) in [6, 6.07) is 11.2. The van der Waals surface area contributed by atoms with Gasteiger partial charge >= 0.3 is 0 Å². The van der Waals surface area contributed by atoms with Crippen molar-refractivity contribution < 1.29 is 9.59 Å². The number of nitrogens with one attached hydrogen (secondary N) is 1. The maximum absolute atomic E-state index is 12.3. The quantitative estimate of drug-likeness (QED) is 0.865. The third kappa shape index (κ3) is 2.49. The summed E-state index contributed by atoms with van der Waals surface area (Å²) in [6.07, 6.45) is 0.323. The highest BCUT2D eigenvalue weighted by Crippen LogP contribution is 2.40. The van der Waals surface area contributed by atoms with Crippen LogP contribution in [-0.4, -0.2) is 11.8 Å². The van der Waals surface area contributed by atoms with E-state index in [0.29, 0.717) is 11.4 Å². The summed E-state index contributed by atoms with van der Waals surface area (Å²) in [4.78, 5) is 25.0. The molecule has 1 fully saturated rings. The molecule has 0 bridgehead atoms. The average Bonchev–Trinajstić information content (AvgIpc) is 2.91. The van der Waals surface area contributed by atoms with Gasteiger partial charge in [0.1, 0.15) is 0 Å². The number of halogens is 1. The number of thiophene rings is 1. The van der Waals surface area contributed by atoms with E-state index in [0.717, 1.165) is 10.4 Å². The smallest absolute Gasteiger partial charge is 0.234 e. The minimum absolute atomic E-state index is 0.116. The van der Waals surface area contributed by atoms with Crippen LogP contribution in [0, 0.1) is 0 Å². The Morgan fingerprint density at radius 3 is 2.75 bits per heavy atom. The minimum atomic E-state index is -0.370. The van der Waals surface area contributed by atoms with Crippen LogP contribution < -0.4 is 5.32 Å². The number of piperidine rings is 1. The van der Waals surface area contributed by atoms with Gasteiger partial charge in [-0.05, 0) is 29.1 Å². The Kier molecular flexibility index (Phi) is 3.59. The fourth-order valence-electron chi connectivity index (χ4n) is 2.62. The van der Waals surface area contributed by atoms with E-state index in [1.165, 1.54) is 0 Å². The van der Waals surface area contributed by atoms with E-state index in [4.69, 9.17) is 11.6 Å². The monoisotopic (exact) mass is 305 g/mol. The topological polar surface area (TPSA) is 46.2 Å². The molecule has 2 amide bonds. The first-order valence-corrected chi connectivity index (χ1v) is 7.53. The van der Waals surface area contributed by atoms with Crippen molar-refractivity contribution in [2.45, 2.75) is 18.3 Å². The van der Waals surface area contributed by atoms with Crippen LogP contribution >= 0.6 is 22.9 Å².